The third-order valence-electron chi connectivity index (χ3n) is 3.48. The van der Waals surface area contributed by atoms with Crippen LogP contribution in [0.4, 0.5) is 11.4 Å². The SMILES string of the molecule is CCCOC(=O)c1ccc(NC(=O)Cc2ccc(NC(C)=O)cc2)cc1. The van der Waals surface area contributed by atoms with Crippen LogP contribution in [0.5, 0.6) is 0 Å². The van der Waals surface area contributed by atoms with Gasteiger partial charge in [0.15, 0.2) is 0 Å². The van der Waals surface area contributed by atoms with E-state index in [1.54, 1.807) is 48.5 Å². The molecule has 0 aromatic heterocycles. The van der Waals surface area contributed by atoms with Crippen LogP contribution in [-0.4, -0.2) is 24.4 Å². The molecular weight excluding hydrogens is 332 g/mol. The van der Waals surface area contributed by atoms with Crippen molar-refractivity contribution in [3.05, 3.63) is 59.7 Å². The lowest BCUT2D eigenvalue weighted by molar-refractivity contribution is -0.116. The van der Waals surface area contributed by atoms with Crippen molar-refractivity contribution in [3.8, 4) is 0 Å². The van der Waals surface area contributed by atoms with Crippen molar-refractivity contribution in [2.45, 2.75) is 26.7 Å². The lowest BCUT2D eigenvalue weighted by Gasteiger charge is -2.08. The zero-order valence-corrected chi connectivity index (χ0v) is 14.9. The number of ether oxygens (including phenoxy) is 1. The van der Waals surface area contributed by atoms with Gasteiger partial charge < -0.3 is 15.4 Å². The Kier molecular flexibility index (Phi) is 6.91. The molecule has 0 atom stereocenters. The lowest BCUT2D eigenvalue weighted by Crippen LogP contribution is -2.14. The van der Waals surface area contributed by atoms with Crippen LogP contribution >= 0.6 is 0 Å². The molecule has 0 aliphatic rings. The molecule has 0 spiro atoms. The summed E-state index contributed by atoms with van der Waals surface area (Å²) in [5.41, 5.74) is 2.57. The molecule has 6 nitrogen and oxygen atoms in total. The van der Waals surface area contributed by atoms with Gasteiger partial charge in [-0.15, -0.1) is 0 Å². The molecule has 136 valence electrons. The minimum atomic E-state index is -0.371. The molecular formula is C20H22N2O4. The Balaban J connectivity index is 1.89. The second kappa shape index (κ2) is 9.36. The van der Waals surface area contributed by atoms with E-state index in [2.05, 4.69) is 10.6 Å². The molecule has 0 radical (unpaired) electrons. The van der Waals surface area contributed by atoms with Crippen LogP contribution in [0.25, 0.3) is 0 Å². The van der Waals surface area contributed by atoms with Crippen molar-refractivity contribution in [2.75, 3.05) is 17.2 Å². The number of esters is 1. The number of carbonyl (C=O) groups is 3. The Bertz CT molecular complexity index is 767. The van der Waals surface area contributed by atoms with Crippen LogP contribution in [0.15, 0.2) is 48.5 Å². The number of carbonyl (C=O) groups excluding carboxylic acids is 3. The smallest absolute Gasteiger partial charge is 0.338 e. The first-order valence-corrected chi connectivity index (χ1v) is 8.41. The number of rotatable bonds is 7. The van der Waals surface area contributed by atoms with Gasteiger partial charge in [0.2, 0.25) is 11.8 Å². The van der Waals surface area contributed by atoms with Crippen molar-refractivity contribution in [1.82, 2.24) is 0 Å². The molecule has 0 saturated heterocycles. The van der Waals surface area contributed by atoms with Crippen molar-refractivity contribution >= 4 is 29.2 Å². The van der Waals surface area contributed by atoms with Crippen molar-refractivity contribution < 1.29 is 19.1 Å². The summed E-state index contributed by atoms with van der Waals surface area (Å²) in [4.78, 5) is 34.9. The predicted molar refractivity (Wildman–Crippen MR) is 100 cm³/mol. The van der Waals surface area contributed by atoms with Gasteiger partial charge in [0.1, 0.15) is 0 Å². The third-order valence-corrected chi connectivity index (χ3v) is 3.48. The summed E-state index contributed by atoms with van der Waals surface area (Å²) in [6.07, 6.45) is 0.978. The van der Waals surface area contributed by atoms with Gasteiger partial charge in [-0.3, -0.25) is 9.59 Å². The quantitative estimate of drug-likeness (QED) is 0.747. The summed E-state index contributed by atoms with van der Waals surface area (Å²) in [5.74, 6) is -0.680. The topological polar surface area (TPSA) is 84.5 Å². The van der Waals surface area contributed by atoms with Crippen molar-refractivity contribution in [3.63, 3.8) is 0 Å². The van der Waals surface area contributed by atoms with Gasteiger partial charge in [-0.05, 0) is 48.4 Å². The summed E-state index contributed by atoms with van der Waals surface area (Å²) >= 11 is 0. The number of nitrogens with one attached hydrogen (secondary N) is 2. The fourth-order valence-corrected chi connectivity index (χ4v) is 2.27. The van der Waals surface area contributed by atoms with E-state index in [-0.39, 0.29) is 24.2 Å². The van der Waals surface area contributed by atoms with Crippen LogP contribution in [-0.2, 0) is 20.7 Å². The zero-order valence-electron chi connectivity index (χ0n) is 14.9. The molecule has 0 bridgehead atoms. The summed E-state index contributed by atoms with van der Waals surface area (Å²) in [6.45, 7) is 3.76. The molecule has 0 fully saturated rings. The molecule has 2 aromatic rings. The maximum Gasteiger partial charge on any atom is 0.338 e. The maximum atomic E-state index is 12.1. The normalized spacial score (nSPS) is 10.1. The van der Waals surface area contributed by atoms with E-state index >= 15 is 0 Å². The lowest BCUT2D eigenvalue weighted by atomic mass is 10.1. The molecule has 2 rings (SSSR count). The Hall–Kier alpha value is -3.15. The van der Waals surface area contributed by atoms with Crippen molar-refractivity contribution in [2.24, 2.45) is 0 Å². The highest BCUT2D eigenvalue weighted by molar-refractivity contribution is 5.94. The number of anilines is 2. The number of hydrogen-bond acceptors (Lipinski definition) is 4. The van der Waals surface area contributed by atoms with Crippen LogP contribution in [0.2, 0.25) is 0 Å². The Morgan fingerprint density at radius 2 is 1.46 bits per heavy atom. The van der Waals surface area contributed by atoms with E-state index in [1.807, 2.05) is 6.92 Å². The molecule has 6 heteroatoms. The van der Waals surface area contributed by atoms with Gasteiger partial charge in [-0.2, -0.15) is 0 Å². The van der Waals surface area contributed by atoms with Crippen LogP contribution < -0.4 is 10.6 Å². The van der Waals surface area contributed by atoms with E-state index in [1.165, 1.54) is 6.92 Å². The first-order chi connectivity index (χ1) is 12.5. The third kappa shape index (κ3) is 6.05. The molecule has 2 N–H and O–H groups in total. The Morgan fingerprint density at radius 3 is 2.04 bits per heavy atom. The molecule has 0 saturated carbocycles. The average molecular weight is 354 g/mol. The predicted octanol–water partition coefficient (Wildman–Crippen LogP) is 3.39. The Labute approximate surface area is 152 Å². The van der Waals surface area contributed by atoms with Gasteiger partial charge >= 0.3 is 5.97 Å². The van der Waals surface area contributed by atoms with Crippen molar-refractivity contribution in [1.29, 1.82) is 0 Å². The highest BCUT2D eigenvalue weighted by atomic mass is 16.5. The molecule has 0 unspecified atom stereocenters. The summed E-state index contributed by atoms with van der Waals surface area (Å²) in [7, 11) is 0. The van der Waals surface area contributed by atoms with Crippen LogP contribution in [0.1, 0.15) is 36.2 Å². The molecule has 2 amide bonds. The molecule has 2 aromatic carbocycles. The second-order valence-electron chi connectivity index (χ2n) is 5.82. The van der Waals surface area contributed by atoms with Gasteiger partial charge in [0, 0.05) is 18.3 Å². The fraction of sp³-hybridized carbons (Fsp3) is 0.250. The van der Waals surface area contributed by atoms with Gasteiger partial charge in [-0.25, -0.2) is 4.79 Å². The summed E-state index contributed by atoms with van der Waals surface area (Å²) in [6, 6.07) is 13.7. The molecule has 26 heavy (non-hydrogen) atoms. The first kappa shape index (κ1) is 19.2. The van der Waals surface area contributed by atoms with Crippen LogP contribution in [0.3, 0.4) is 0 Å². The Morgan fingerprint density at radius 1 is 0.885 bits per heavy atom. The highest BCUT2D eigenvalue weighted by Crippen LogP contribution is 2.13. The standard InChI is InChI=1S/C20H22N2O4/c1-3-12-26-20(25)16-6-10-18(11-7-16)22-19(24)13-15-4-8-17(9-5-15)21-14(2)23/h4-11H,3,12-13H2,1-2H3,(H,21,23)(H,22,24). The van der Waals surface area contributed by atoms with E-state index < -0.39 is 0 Å². The largest absolute Gasteiger partial charge is 0.462 e. The highest BCUT2D eigenvalue weighted by Gasteiger charge is 2.08. The summed E-state index contributed by atoms with van der Waals surface area (Å²) in [5, 5.41) is 5.46. The van der Waals surface area contributed by atoms with E-state index in [0.29, 0.717) is 23.5 Å². The van der Waals surface area contributed by atoms with E-state index in [9.17, 15) is 14.4 Å². The van der Waals surface area contributed by atoms with Crippen LogP contribution in [0, 0.1) is 0 Å². The first-order valence-electron chi connectivity index (χ1n) is 8.41. The second-order valence-corrected chi connectivity index (χ2v) is 5.82. The van der Waals surface area contributed by atoms with E-state index in [0.717, 1.165) is 12.0 Å². The summed E-state index contributed by atoms with van der Waals surface area (Å²) < 4.78 is 5.06. The van der Waals surface area contributed by atoms with E-state index in [4.69, 9.17) is 4.74 Å². The zero-order chi connectivity index (χ0) is 18.9. The molecule has 0 aliphatic carbocycles. The minimum absolute atomic E-state index is 0.141. The van der Waals surface area contributed by atoms with Gasteiger partial charge in [0.05, 0.1) is 18.6 Å². The number of benzene rings is 2. The minimum Gasteiger partial charge on any atom is -0.462 e. The molecule has 0 heterocycles. The van der Waals surface area contributed by atoms with Gasteiger partial charge in [0.25, 0.3) is 0 Å². The number of hydrogen-bond donors (Lipinski definition) is 2. The maximum absolute atomic E-state index is 12.1. The number of amides is 2. The monoisotopic (exact) mass is 354 g/mol. The fourth-order valence-electron chi connectivity index (χ4n) is 2.27. The van der Waals surface area contributed by atoms with Gasteiger partial charge in [-0.1, -0.05) is 19.1 Å². The molecule has 0 aliphatic heterocycles. The average Bonchev–Trinajstić information content (AvgIpc) is 2.61.